The summed E-state index contributed by atoms with van der Waals surface area (Å²) in [5, 5.41) is 10.8. The summed E-state index contributed by atoms with van der Waals surface area (Å²) < 4.78 is 0. The molecule has 2 rings (SSSR count). The Morgan fingerprint density at radius 3 is 2.43 bits per heavy atom. The van der Waals surface area contributed by atoms with Gasteiger partial charge in [0.25, 0.3) is 0 Å². The molecule has 21 heavy (non-hydrogen) atoms. The van der Waals surface area contributed by atoms with Gasteiger partial charge in [-0.15, -0.1) is 0 Å². The van der Waals surface area contributed by atoms with Crippen LogP contribution in [0.3, 0.4) is 0 Å². The highest BCUT2D eigenvalue weighted by Crippen LogP contribution is 2.37. The van der Waals surface area contributed by atoms with Crippen molar-refractivity contribution in [3.05, 3.63) is 35.9 Å². The van der Waals surface area contributed by atoms with Crippen LogP contribution < -0.4 is 0 Å². The van der Waals surface area contributed by atoms with Gasteiger partial charge >= 0.3 is 0 Å². The van der Waals surface area contributed by atoms with Crippen molar-refractivity contribution < 1.29 is 5.11 Å². The molecule has 2 nitrogen and oxygen atoms in total. The number of aliphatic hydroxyl groups excluding tert-OH is 1. The van der Waals surface area contributed by atoms with Gasteiger partial charge in [-0.05, 0) is 30.7 Å². The fourth-order valence-corrected chi connectivity index (χ4v) is 3.74. The van der Waals surface area contributed by atoms with Crippen LogP contribution in [0.1, 0.15) is 52.7 Å². The van der Waals surface area contributed by atoms with E-state index in [2.05, 4.69) is 39.5 Å². The Labute approximate surface area is 130 Å². The number of nitrogens with zero attached hydrogens (tertiary/aromatic N) is 1. The monoisotopic (exact) mass is 289 g/mol. The molecule has 1 saturated heterocycles. The van der Waals surface area contributed by atoms with Gasteiger partial charge in [0.05, 0.1) is 6.10 Å². The molecule has 1 fully saturated rings. The Morgan fingerprint density at radius 1 is 1.19 bits per heavy atom. The molecule has 4 atom stereocenters. The van der Waals surface area contributed by atoms with Gasteiger partial charge in [-0.3, -0.25) is 4.90 Å². The first-order valence-corrected chi connectivity index (χ1v) is 8.28. The summed E-state index contributed by atoms with van der Waals surface area (Å²) in [7, 11) is 0. The maximum absolute atomic E-state index is 10.8. The highest BCUT2D eigenvalue weighted by Gasteiger charge is 2.36. The highest BCUT2D eigenvalue weighted by molar-refractivity contribution is 5.19. The molecular weight excluding hydrogens is 258 g/mol. The lowest BCUT2D eigenvalue weighted by Crippen LogP contribution is -2.50. The number of aliphatic hydroxyl groups is 1. The molecule has 4 unspecified atom stereocenters. The SMILES string of the molecule is CC1CC(C)C(C)N(CC(C)(C)C(O)c2ccccc2)C1. The molecule has 0 radical (unpaired) electrons. The molecule has 1 aromatic rings. The average molecular weight is 289 g/mol. The fourth-order valence-electron chi connectivity index (χ4n) is 3.74. The Kier molecular flexibility index (Phi) is 5.11. The summed E-state index contributed by atoms with van der Waals surface area (Å²) >= 11 is 0. The minimum Gasteiger partial charge on any atom is -0.388 e. The van der Waals surface area contributed by atoms with E-state index in [1.807, 2.05) is 30.3 Å². The molecule has 0 spiro atoms. The zero-order valence-corrected chi connectivity index (χ0v) is 14.2. The van der Waals surface area contributed by atoms with Crippen LogP contribution in [0.4, 0.5) is 0 Å². The number of likely N-dealkylation sites (tertiary alicyclic amines) is 1. The molecule has 2 heteroatoms. The van der Waals surface area contributed by atoms with Crippen LogP contribution in [-0.4, -0.2) is 29.1 Å². The van der Waals surface area contributed by atoms with Crippen molar-refractivity contribution in [2.45, 2.75) is 53.2 Å². The summed E-state index contributed by atoms with van der Waals surface area (Å²) in [6.07, 6.45) is 0.901. The van der Waals surface area contributed by atoms with E-state index in [0.717, 1.165) is 30.5 Å². The topological polar surface area (TPSA) is 23.5 Å². The van der Waals surface area contributed by atoms with Crippen molar-refractivity contribution in [2.75, 3.05) is 13.1 Å². The molecule has 0 amide bonds. The van der Waals surface area contributed by atoms with Crippen LogP contribution in [-0.2, 0) is 0 Å². The van der Waals surface area contributed by atoms with E-state index in [1.165, 1.54) is 6.42 Å². The van der Waals surface area contributed by atoms with E-state index < -0.39 is 6.10 Å². The summed E-state index contributed by atoms with van der Waals surface area (Å²) in [4.78, 5) is 2.57. The van der Waals surface area contributed by atoms with Crippen LogP contribution in [0, 0.1) is 17.3 Å². The first kappa shape index (κ1) is 16.5. The van der Waals surface area contributed by atoms with Crippen LogP contribution in [0.25, 0.3) is 0 Å². The van der Waals surface area contributed by atoms with Crippen molar-refractivity contribution in [1.29, 1.82) is 0 Å². The predicted molar refractivity (Wildman–Crippen MR) is 89.2 cm³/mol. The van der Waals surface area contributed by atoms with Gasteiger partial charge in [-0.2, -0.15) is 0 Å². The number of benzene rings is 1. The smallest absolute Gasteiger partial charge is 0.0853 e. The van der Waals surface area contributed by atoms with E-state index in [-0.39, 0.29) is 5.41 Å². The maximum Gasteiger partial charge on any atom is 0.0853 e. The summed E-state index contributed by atoms with van der Waals surface area (Å²) in [6.45, 7) is 13.5. The molecule has 0 aliphatic carbocycles. The lowest BCUT2D eigenvalue weighted by atomic mass is 9.79. The molecule has 1 aliphatic rings. The third-order valence-electron chi connectivity index (χ3n) is 5.19. The summed E-state index contributed by atoms with van der Waals surface area (Å²) in [5.74, 6) is 1.49. The van der Waals surface area contributed by atoms with Crippen LogP contribution in [0.2, 0.25) is 0 Å². The first-order valence-electron chi connectivity index (χ1n) is 8.28. The van der Waals surface area contributed by atoms with E-state index in [4.69, 9.17) is 0 Å². The second kappa shape index (κ2) is 6.50. The van der Waals surface area contributed by atoms with Gasteiger partial charge in [0.1, 0.15) is 0 Å². The second-order valence-corrected chi connectivity index (χ2v) is 7.79. The maximum atomic E-state index is 10.8. The van der Waals surface area contributed by atoms with E-state index in [0.29, 0.717) is 6.04 Å². The lowest BCUT2D eigenvalue weighted by Gasteiger charge is -2.45. The molecule has 1 aliphatic heterocycles. The van der Waals surface area contributed by atoms with Gasteiger partial charge in [0, 0.05) is 24.5 Å². The molecule has 1 heterocycles. The van der Waals surface area contributed by atoms with Crippen molar-refractivity contribution in [1.82, 2.24) is 4.90 Å². The number of piperidine rings is 1. The van der Waals surface area contributed by atoms with E-state index in [9.17, 15) is 5.11 Å². The Morgan fingerprint density at radius 2 is 1.81 bits per heavy atom. The molecule has 118 valence electrons. The standard InChI is InChI=1S/C19H31NO/c1-14-11-15(2)16(3)20(12-14)13-19(4,5)18(21)17-9-7-6-8-10-17/h6-10,14-16,18,21H,11-13H2,1-5H3. The van der Waals surface area contributed by atoms with Gasteiger partial charge in [0.2, 0.25) is 0 Å². The van der Waals surface area contributed by atoms with Crippen LogP contribution in [0.5, 0.6) is 0 Å². The Bertz CT molecular complexity index is 442. The zero-order valence-electron chi connectivity index (χ0n) is 14.2. The molecule has 0 aromatic heterocycles. The third-order valence-corrected chi connectivity index (χ3v) is 5.19. The van der Waals surface area contributed by atoms with Crippen molar-refractivity contribution in [2.24, 2.45) is 17.3 Å². The Balaban J connectivity index is 2.09. The van der Waals surface area contributed by atoms with Crippen LogP contribution in [0.15, 0.2) is 30.3 Å². The van der Waals surface area contributed by atoms with Crippen LogP contribution >= 0.6 is 0 Å². The number of hydrogen-bond acceptors (Lipinski definition) is 2. The molecule has 0 bridgehead atoms. The van der Waals surface area contributed by atoms with Crippen molar-refractivity contribution >= 4 is 0 Å². The minimum atomic E-state index is -0.418. The minimum absolute atomic E-state index is 0.146. The first-order chi connectivity index (χ1) is 9.81. The fraction of sp³-hybridized carbons (Fsp3) is 0.684. The largest absolute Gasteiger partial charge is 0.388 e. The molecule has 1 N–H and O–H groups in total. The van der Waals surface area contributed by atoms with Gasteiger partial charge in [-0.1, -0.05) is 58.0 Å². The van der Waals surface area contributed by atoms with Gasteiger partial charge in [-0.25, -0.2) is 0 Å². The second-order valence-electron chi connectivity index (χ2n) is 7.79. The Hall–Kier alpha value is -0.860. The average Bonchev–Trinajstić information content (AvgIpc) is 2.44. The van der Waals surface area contributed by atoms with Crippen molar-refractivity contribution in [3.63, 3.8) is 0 Å². The number of hydrogen-bond donors (Lipinski definition) is 1. The number of rotatable bonds is 4. The normalized spacial score (nSPS) is 29.3. The van der Waals surface area contributed by atoms with Gasteiger partial charge in [0.15, 0.2) is 0 Å². The molecule has 0 saturated carbocycles. The molecule has 1 aromatic carbocycles. The predicted octanol–water partition coefficient (Wildman–Crippen LogP) is 4.11. The lowest BCUT2D eigenvalue weighted by molar-refractivity contribution is -0.0155. The zero-order chi connectivity index (χ0) is 15.6. The van der Waals surface area contributed by atoms with E-state index >= 15 is 0 Å². The molecular formula is C19H31NO. The van der Waals surface area contributed by atoms with E-state index in [1.54, 1.807) is 0 Å². The summed E-state index contributed by atoms with van der Waals surface area (Å²) in [6, 6.07) is 10.7. The van der Waals surface area contributed by atoms with Crippen molar-refractivity contribution in [3.8, 4) is 0 Å². The third kappa shape index (κ3) is 3.87. The van der Waals surface area contributed by atoms with Gasteiger partial charge < -0.3 is 5.11 Å². The highest BCUT2D eigenvalue weighted by atomic mass is 16.3. The quantitative estimate of drug-likeness (QED) is 0.901. The summed E-state index contributed by atoms with van der Waals surface area (Å²) in [5.41, 5.74) is 0.875.